The highest BCUT2D eigenvalue weighted by atomic mass is 35.5. The first kappa shape index (κ1) is 21.9. The van der Waals surface area contributed by atoms with Crippen LogP contribution in [0.15, 0.2) is 71.6 Å². The summed E-state index contributed by atoms with van der Waals surface area (Å²) in [4.78, 5) is 12.3. The van der Waals surface area contributed by atoms with E-state index in [0.717, 1.165) is 16.7 Å². The van der Waals surface area contributed by atoms with E-state index in [1.807, 2.05) is 44.2 Å². The van der Waals surface area contributed by atoms with Crippen LogP contribution in [0.5, 0.6) is 0 Å². The first-order valence-corrected chi connectivity index (χ1v) is 11.3. The molecule has 5 nitrogen and oxygen atoms in total. The molecule has 1 amide bonds. The highest BCUT2D eigenvalue weighted by Crippen LogP contribution is 2.22. The SMILES string of the molecule is Cc1ccc(C)c(NS(=O)(=O)c2ccc(NC(=O)CCc3ccccc3Cl)cc2)c1. The summed E-state index contributed by atoms with van der Waals surface area (Å²) in [6, 6.07) is 19.1. The van der Waals surface area contributed by atoms with Gasteiger partial charge in [-0.3, -0.25) is 9.52 Å². The van der Waals surface area contributed by atoms with Crippen LogP contribution in [0, 0.1) is 13.8 Å². The molecule has 0 spiro atoms. The molecule has 0 aliphatic heterocycles. The molecule has 2 N–H and O–H groups in total. The summed E-state index contributed by atoms with van der Waals surface area (Å²) < 4.78 is 28.0. The van der Waals surface area contributed by atoms with Gasteiger partial charge >= 0.3 is 0 Å². The van der Waals surface area contributed by atoms with Gasteiger partial charge in [0.1, 0.15) is 0 Å². The fourth-order valence-electron chi connectivity index (χ4n) is 2.94. The zero-order valence-corrected chi connectivity index (χ0v) is 18.3. The number of carbonyl (C=O) groups is 1. The minimum absolute atomic E-state index is 0.123. The Morgan fingerprint density at radius 2 is 1.67 bits per heavy atom. The van der Waals surface area contributed by atoms with Crippen LogP contribution in [0.4, 0.5) is 11.4 Å². The monoisotopic (exact) mass is 442 g/mol. The van der Waals surface area contributed by atoms with Crippen LogP contribution in [-0.4, -0.2) is 14.3 Å². The molecule has 0 atom stereocenters. The lowest BCUT2D eigenvalue weighted by molar-refractivity contribution is -0.116. The van der Waals surface area contributed by atoms with E-state index in [9.17, 15) is 13.2 Å². The number of amides is 1. The molecule has 0 saturated heterocycles. The fourth-order valence-corrected chi connectivity index (χ4v) is 4.29. The van der Waals surface area contributed by atoms with Gasteiger partial charge in [-0.25, -0.2) is 8.42 Å². The zero-order chi connectivity index (χ0) is 21.7. The van der Waals surface area contributed by atoms with E-state index in [4.69, 9.17) is 11.6 Å². The number of nitrogens with one attached hydrogen (secondary N) is 2. The molecule has 0 fully saturated rings. The molecule has 0 aliphatic carbocycles. The van der Waals surface area contributed by atoms with E-state index in [1.165, 1.54) is 12.1 Å². The lowest BCUT2D eigenvalue weighted by Crippen LogP contribution is -2.15. The van der Waals surface area contributed by atoms with Crippen molar-refractivity contribution in [3.63, 3.8) is 0 Å². The Kier molecular flexibility index (Phi) is 6.80. The summed E-state index contributed by atoms with van der Waals surface area (Å²) in [6.07, 6.45) is 0.801. The predicted octanol–water partition coefficient (Wildman–Crippen LogP) is 5.33. The van der Waals surface area contributed by atoms with E-state index < -0.39 is 10.0 Å². The number of carbonyl (C=O) groups excluding carboxylic acids is 1. The van der Waals surface area contributed by atoms with Crippen molar-refractivity contribution >= 4 is 38.9 Å². The van der Waals surface area contributed by atoms with Gasteiger partial charge in [-0.15, -0.1) is 0 Å². The summed E-state index contributed by atoms with van der Waals surface area (Å²) >= 11 is 6.11. The number of aryl methyl sites for hydroxylation is 3. The van der Waals surface area contributed by atoms with E-state index >= 15 is 0 Å². The van der Waals surface area contributed by atoms with Crippen LogP contribution in [0.2, 0.25) is 5.02 Å². The fraction of sp³-hybridized carbons (Fsp3) is 0.174. The van der Waals surface area contributed by atoms with Gasteiger partial charge < -0.3 is 5.32 Å². The minimum atomic E-state index is -3.73. The van der Waals surface area contributed by atoms with Crippen molar-refractivity contribution in [2.75, 3.05) is 10.0 Å². The highest BCUT2D eigenvalue weighted by Gasteiger charge is 2.15. The van der Waals surface area contributed by atoms with E-state index in [2.05, 4.69) is 10.0 Å². The number of hydrogen-bond acceptors (Lipinski definition) is 3. The molecule has 0 saturated carbocycles. The normalized spacial score (nSPS) is 11.2. The molecule has 0 bridgehead atoms. The summed E-state index contributed by atoms with van der Waals surface area (Å²) in [6.45, 7) is 3.75. The molecule has 3 rings (SSSR count). The second-order valence-electron chi connectivity index (χ2n) is 7.09. The third-order valence-corrected chi connectivity index (χ3v) is 6.42. The zero-order valence-electron chi connectivity index (χ0n) is 16.8. The van der Waals surface area contributed by atoms with Crippen molar-refractivity contribution in [3.8, 4) is 0 Å². The molecule has 0 aliphatic rings. The second kappa shape index (κ2) is 9.32. The molecule has 7 heteroatoms. The Bertz CT molecular complexity index is 1160. The minimum Gasteiger partial charge on any atom is -0.326 e. The van der Waals surface area contributed by atoms with Crippen molar-refractivity contribution < 1.29 is 13.2 Å². The lowest BCUT2D eigenvalue weighted by atomic mass is 10.1. The lowest BCUT2D eigenvalue weighted by Gasteiger charge is -2.12. The molecule has 156 valence electrons. The molecule has 3 aromatic carbocycles. The predicted molar refractivity (Wildman–Crippen MR) is 122 cm³/mol. The van der Waals surface area contributed by atoms with Gasteiger partial charge in [0.15, 0.2) is 0 Å². The average molecular weight is 443 g/mol. The third-order valence-electron chi connectivity index (χ3n) is 4.67. The maximum absolute atomic E-state index is 12.7. The van der Waals surface area contributed by atoms with Crippen LogP contribution in [0.25, 0.3) is 0 Å². The van der Waals surface area contributed by atoms with Crippen molar-refractivity contribution in [2.45, 2.75) is 31.6 Å². The topological polar surface area (TPSA) is 75.3 Å². The van der Waals surface area contributed by atoms with Gasteiger partial charge in [-0.1, -0.05) is 41.9 Å². The molecular weight excluding hydrogens is 420 g/mol. The van der Waals surface area contributed by atoms with Crippen LogP contribution < -0.4 is 10.0 Å². The molecule has 0 aromatic heterocycles. The van der Waals surface area contributed by atoms with Gasteiger partial charge in [-0.2, -0.15) is 0 Å². The molecule has 0 heterocycles. The summed E-state index contributed by atoms with van der Waals surface area (Å²) in [5.41, 5.74) is 3.80. The number of benzene rings is 3. The standard InChI is InChI=1S/C23H23ClN2O3S/c1-16-7-8-17(2)22(15-16)26-30(28,29)20-12-10-19(11-13-20)25-23(27)14-9-18-5-3-4-6-21(18)24/h3-8,10-13,15,26H,9,14H2,1-2H3,(H,25,27). The number of sulfonamides is 1. The molecule has 30 heavy (non-hydrogen) atoms. The highest BCUT2D eigenvalue weighted by molar-refractivity contribution is 7.92. The van der Waals surface area contributed by atoms with Gasteiger partial charge in [0.25, 0.3) is 10.0 Å². The Hall–Kier alpha value is -2.83. The van der Waals surface area contributed by atoms with Crippen LogP contribution in [-0.2, 0) is 21.2 Å². The number of hydrogen-bond donors (Lipinski definition) is 2. The van der Waals surface area contributed by atoms with Crippen molar-refractivity contribution in [1.82, 2.24) is 0 Å². The van der Waals surface area contributed by atoms with Crippen molar-refractivity contribution in [1.29, 1.82) is 0 Å². The van der Waals surface area contributed by atoms with Crippen molar-refractivity contribution in [3.05, 3.63) is 88.4 Å². The largest absolute Gasteiger partial charge is 0.326 e. The van der Waals surface area contributed by atoms with Crippen LogP contribution in [0.3, 0.4) is 0 Å². The van der Waals surface area contributed by atoms with Gasteiger partial charge in [0.2, 0.25) is 5.91 Å². The Balaban J connectivity index is 1.63. The maximum atomic E-state index is 12.7. The molecular formula is C23H23ClN2O3S. The Morgan fingerprint density at radius 1 is 0.967 bits per heavy atom. The van der Waals surface area contributed by atoms with E-state index in [1.54, 1.807) is 24.3 Å². The Morgan fingerprint density at radius 3 is 2.37 bits per heavy atom. The van der Waals surface area contributed by atoms with Gasteiger partial charge in [0, 0.05) is 17.1 Å². The summed E-state index contributed by atoms with van der Waals surface area (Å²) in [5.74, 6) is -0.168. The number of anilines is 2. The summed E-state index contributed by atoms with van der Waals surface area (Å²) in [5, 5.41) is 3.41. The second-order valence-corrected chi connectivity index (χ2v) is 9.18. The first-order valence-electron chi connectivity index (χ1n) is 9.48. The van der Waals surface area contributed by atoms with E-state index in [0.29, 0.717) is 22.8 Å². The maximum Gasteiger partial charge on any atom is 0.261 e. The first-order chi connectivity index (χ1) is 14.2. The number of halogens is 1. The van der Waals surface area contributed by atoms with Crippen LogP contribution >= 0.6 is 11.6 Å². The number of rotatable bonds is 7. The smallest absolute Gasteiger partial charge is 0.261 e. The van der Waals surface area contributed by atoms with Gasteiger partial charge in [-0.05, 0) is 73.4 Å². The van der Waals surface area contributed by atoms with Gasteiger partial charge in [0.05, 0.1) is 10.6 Å². The quantitative estimate of drug-likeness (QED) is 0.519. The average Bonchev–Trinajstić information content (AvgIpc) is 2.70. The van der Waals surface area contributed by atoms with E-state index in [-0.39, 0.29) is 17.2 Å². The molecule has 0 unspecified atom stereocenters. The summed E-state index contributed by atoms with van der Waals surface area (Å²) in [7, 11) is -3.73. The van der Waals surface area contributed by atoms with Crippen molar-refractivity contribution in [2.24, 2.45) is 0 Å². The third kappa shape index (κ3) is 5.62. The Labute approximate surface area is 182 Å². The molecule has 3 aromatic rings. The molecule has 0 radical (unpaired) electrons. The van der Waals surface area contributed by atoms with Crippen LogP contribution in [0.1, 0.15) is 23.1 Å².